The molecule has 0 aliphatic rings. The first kappa shape index (κ1) is 19.0. The molecule has 21 heavy (non-hydrogen) atoms. The van der Waals surface area contributed by atoms with Crippen LogP contribution in [-0.4, -0.2) is 36.2 Å². The summed E-state index contributed by atoms with van der Waals surface area (Å²) in [7, 11) is 3.60. The maximum Gasteiger partial charge on any atom is 0.230 e. The van der Waals surface area contributed by atoms with E-state index in [-0.39, 0.29) is 5.91 Å². The molecular formula is C14H22BrN5O. The largest absolute Gasteiger partial charge is 0.399 e. The van der Waals surface area contributed by atoms with E-state index >= 15 is 0 Å². The Morgan fingerprint density at radius 2 is 2.00 bits per heavy atom. The number of benzene rings is 1. The van der Waals surface area contributed by atoms with Crippen LogP contribution in [0.15, 0.2) is 42.0 Å². The molecule has 0 fully saturated rings. The van der Waals surface area contributed by atoms with Crippen LogP contribution in [-0.2, 0) is 11.3 Å². The molecule has 0 aliphatic heterocycles. The quantitative estimate of drug-likeness (QED) is 0.243. The number of carbonyl (C=O) groups is 1. The molecule has 1 amide bonds. The average molecular weight is 356 g/mol. The van der Waals surface area contributed by atoms with E-state index in [1.54, 1.807) is 19.1 Å². The zero-order valence-electron chi connectivity index (χ0n) is 12.3. The van der Waals surface area contributed by atoms with E-state index in [0.717, 1.165) is 11.3 Å². The van der Waals surface area contributed by atoms with Crippen LogP contribution < -0.4 is 16.8 Å². The third kappa shape index (κ3) is 10.4. The van der Waals surface area contributed by atoms with Crippen molar-refractivity contribution in [1.29, 1.82) is 0 Å². The maximum absolute atomic E-state index is 10.9. The third-order valence-electron chi connectivity index (χ3n) is 2.12. The van der Waals surface area contributed by atoms with Crippen LogP contribution in [0.3, 0.4) is 0 Å². The number of rotatable bonds is 5. The van der Waals surface area contributed by atoms with Crippen molar-refractivity contribution in [3.63, 3.8) is 0 Å². The monoisotopic (exact) mass is 355 g/mol. The fourth-order valence-electron chi connectivity index (χ4n) is 1.16. The molecule has 0 radical (unpaired) electrons. The fourth-order valence-corrected chi connectivity index (χ4v) is 1.35. The van der Waals surface area contributed by atoms with E-state index in [4.69, 9.17) is 11.5 Å². The predicted octanol–water partition coefficient (Wildman–Crippen LogP) is 1.29. The molecule has 5 N–H and O–H groups in total. The van der Waals surface area contributed by atoms with Gasteiger partial charge in [-0.25, -0.2) is 0 Å². The first-order valence-electron chi connectivity index (χ1n) is 6.20. The zero-order valence-corrected chi connectivity index (χ0v) is 13.9. The van der Waals surface area contributed by atoms with Crippen molar-refractivity contribution in [2.24, 2.45) is 10.8 Å². The lowest BCUT2D eigenvalue weighted by atomic mass is 10.2. The number of hydrazone groups is 1. The summed E-state index contributed by atoms with van der Waals surface area (Å²) in [5, 5.41) is 8.50. The molecule has 0 heterocycles. The highest BCUT2D eigenvalue weighted by Crippen LogP contribution is 2.04. The molecule has 1 aromatic carbocycles. The van der Waals surface area contributed by atoms with E-state index in [1.165, 1.54) is 6.08 Å². The van der Waals surface area contributed by atoms with E-state index in [2.05, 4.69) is 32.9 Å². The van der Waals surface area contributed by atoms with Crippen molar-refractivity contribution in [2.75, 3.05) is 25.2 Å². The highest BCUT2D eigenvalue weighted by atomic mass is 79.9. The van der Waals surface area contributed by atoms with Crippen LogP contribution in [0.4, 0.5) is 5.69 Å². The Morgan fingerprint density at radius 3 is 2.38 bits per heavy atom. The summed E-state index contributed by atoms with van der Waals surface area (Å²) in [6.45, 7) is 3.98. The molecule has 0 aromatic heterocycles. The number of nitrogens with two attached hydrogens (primary N) is 2. The van der Waals surface area contributed by atoms with Gasteiger partial charge in [-0.2, -0.15) is 5.10 Å². The Balaban J connectivity index is 0.000000433. The topological polar surface area (TPSA) is 96.7 Å². The molecule has 116 valence electrons. The number of nitrogen functional groups attached to an aromatic ring is 1. The molecule has 0 spiro atoms. The Kier molecular flexibility index (Phi) is 9.70. The van der Waals surface area contributed by atoms with Gasteiger partial charge in [0.25, 0.3) is 0 Å². The number of nitrogens with one attached hydrogen (secondary N) is 1. The minimum Gasteiger partial charge on any atom is -0.399 e. The minimum absolute atomic E-state index is 0.0168. The lowest BCUT2D eigenvalue weighted by Crippen LogP contribution is -2.23. The van der Waals surface area contributed by atoms with Gasteiger partial charge in [-0.3, -0.25) is 4.79 Å². The van der Waals surface area contributed by atoms with Crippen LogP contribution in [0.2, 0.25) is 0 Å². The van der Waals surface area contributed by atoms with Crippen LogP contribution in [0.1, 0.15) is 5.56 Å². The molecule has 6 nitrogen and oxygen atoms in total. The second-order valence-corrected chi connectivity index (χ2v) is 4.79. The van der Waals surface area contributed by atoms with Gasteiger partial charge in [0.2, 0.25) is 5.91 Å². The molecule has 0 aliphatic carbocycles. The number of anilines is 1. The number of hydrogen-bond acceptors (Lipinski definition) is 4. The second-order valence-electron chi connectivity index (χ2n) is 4.23. The van der Waals surface area contributed by atoms with E-state index in [1.807, 2.05) is 24.3 Å². The van der Waals surface area contributed by atoms with Crippen LogP contribution >= 0.6 is 15.9 Å². The summed E-state index contributed by atoms with van der Waals surface area (Å²) in [6.07, 6.45) is 1.50. The van der Waals surface area contributed by atoms with Crippen LogP contribution in [0.25, 0.3) is 0 Å². The third-order valence-corrected chi connectivity index (χ3v) is 2.62. The second kappa shape index (κ2) is 10.7. The van der Waals surface area contributed by atoms with E-state index in [0.29, 0.717) is 17.7 Å². The lowest BCUT2D eigenvalue weighted by Gasteiger charge is -2.03. The number of alkyl halides is 1. The number of carbonyl (C=O) groups excluding carboxylic acids is 1. The van der Waals surface area contributed by atoms with Crippen molar-refractivity contribution in [3.05, 3.63) is 42.5 Å². The Morgan fingerprint density at radius 1 is 1.43 bits per heavy atom. The van der Waals surface area contributed by atoms with Crippen LogP contribution in [0, 0.1) is 0 Å². The number of nitrogens with zero attached hydrogens (tertiary/aromatic N) is 2. The van der Waals surface area contributed by atoms with Gasteiger partial charge >= 0.3 is 0 Å². The molecule has 1 aromatic rings. The summed E-state index contributed by atoms with van der Waals surface area (Å²) in [4.78, 5) is 10.9. The maximum atomic E-state index is 10.9. The highest BCUT2D eigenvalue weighted by molar-refractivity contribution is 9.09. The minimum atomic E-state index is -0.0168. The summed E-state index contributed by atoms with van der Waals surface area (Å²) in [6, 6.07) is 7.42. The molecule has 0 atom stereocenters. The van der Waals surface area contributed by atoms with Crippen molar-refractivity contribution in [1.82, 2.24) is 10.3 Å². The fraction of sp³-hybridized carbons (Fsp3) is 0.286. The zero-order chi connectivity index (χ0) is 16.3. The summed E-state index contributed by atoms with van der Waals surface area (Å²) in [5.41, 5.74) is 12.6. The Hall–Kier alpha value is -2.02. The number of amidine groups is 1. The van der Waals surface area contributed by atoms with Gasteiger partial charge in [0, 0.05) is 26.3 Å². The molecule has 1 rings (SSSR count). The van der Waals surface area contributed by atoms with Gasteiger partial charge in [-0.05, 0) is 23.8 Å². The molecule has 0 unspecified atom stereocenters. The van der Waals surface area contributed by atoms with Gasteiger partial charge < -0.3 is 21.8 Å². The molecule has 7 heteroatoms. The van der Waals surface area contributed by atoms with Gasteiger partial charge in [0.15, 0.2) is 0 Å². The summed E-state index contributed by atoms with van der Waals surface area (Å²) in [5.74, 6) is 0.423. The predicted molar refractivity (Wildman–Crippen MR) is 92.0 cm³/mol. The first-order valence-corrected chi connectivity index (χ1v) is 7.32. The van der Waals surface area contributed by atoms with E-state index in [9.17, 15) is 4.79 Å². The van der Waals surface area contributed by atoms with Gasteiger partial charge in [0.05, 0.1) is 5.33 Å². The van der Waals surface area contributed by atoms with Crippen LogP contribution in [0.5, 0.6) is 0 Å². The van der Waals surface area contributed by atoms with Crippen molar-refractivity contribution in [2.45, 2.75) is 6.54 Å². The van der Waals surface area contributed by atoms with Gasteiger partial charge in [-0.1, -0.05) is 34.6 Å². The number of hydrogen-bond donors (Lipinski definition) is 3. The number of halogens is 1. The summed E-state index contributed by atoms with van der Waals surface area (Å²) < 4.78 is 0. The Labute approximate surface area is 134 Å². The van der Waals surface area contributed by atoms with Gasteiger partial charge in [0.1, 0.15) is 5.84 Å². The van der Waals surface area contributed by atoms with E-state index < -0.39 is 0 Å². The van der Waals surface area contributed by atoms with Crippen molar-refractivity contribution >= 4 is 33.4 Å². The molecule has 0 saturated heterocycles. The standard InChI is InChI=1S/C9H11BrN2O.C5H11N3/c10-5-9(13)12-6-7-1-3-8(11)4-2-7;1-4-5(6)7-8(2)3/h1-4H,5-6,11H2,(H,12,13);4H,1H2,2-3H3,(H2,6,7). The highest BCUT2D eigenvalue weighted by Gasteiger charge is 1.97. The SMILES string of the molecule is C=C/C(N)=N\N(C)C.Nc1ccc(CNC(=O)CBr)cc1. The first-order chi connectivity index (χ1) is 9.88. The molecule has 0 bridgehead atoms. The summed E-state index contributed by atoms with van der Waals surface area (Å²) >= 11 is 3.07. The van der Waals surface area contributed by atoms with Crippen molar-refractivity contribution < 1.29 is 4.79 Å². The Bertz CT molecular complexity index is 471. The normalized spacial score (nSPS) is 10.1. The van der Waals surface area contributed by atoms with Crippen molar-refractivity contribution in [3.8, 4) is 0 Å². The van der Waals surface area contributed by atoms with Gasteiger partial charge in [-0.15, -0.1) is 0 Å². The number of amides is 1. The smallest absolute Gasteiger partial charge is 0.230 e. The molecule has 0 saturated carbocycles. The molecular weight excluding hydrogens is 334 g/mol. The average Bonchev–Trinajstić information content (AvgIpc) is 2.46. The lowest BCUT2D eigenvalue weighted by molar-refractivity contribution is -0.118.